The zero-order chi connectivity index (χ0) is 12.6. The van der Waals surface area contributed by atoms with Gasteiger partial charge in [0.25, 0.3) is 0 Å². The van der Waals surface area contributed by atoms with Gasteiger partial charge < -0.3 is 0 Å². The Morgan fingerprint density at radius 2 is 0.941 bits per heavy atom. The average molecular weight is 277 g/mol. The molecule has 0 aromatic rings. The molecule has 104 valence electrons. The molecule has 0 rings (SSSR count). The summed E-state index contributed by atoms with van der Waals surface area (Å²) < 4.78 is 0. The molecule has 0 nitrogen and oxygen atoms in total. The molecule has 0 spiro atoms. The first-order valence-corrected chi connectivity index (χ1v) is 9.72. The highest BCUT2D eigenvalue weighted by Crippen LogP contribution is 2.14. The predicted octanol–water partition coefficient (Wildman–Crippen LogP) is 6.66. The van der Waals surface area contributed by atoms with E-state index >= 15 is 0 Å². The summed E-state index contributed by atoms with van der Waals surface area (Å²) in [7, 11) is 1.68. The molecule has 0 fully saturated rings. The van der Waals surface area contributed by atoms with E-state index in [1.54, 1.807) is 10.8 Å². The third kappa shape index (κ3) is 16.7. The minimum atomic E-state index is 1.22. The molecule has 0 unspecified atom stereocenters. The standard InChI is InChI=1S/C15H32S2/c1-2-3-4-5-6-7-8-9-10-11-12-13-14-15-17-16/h16H,2-15H2,1H3. The van der Waals surface area contributed by atoms with Gasteiger partial charge in [-0.15, -0.1) is 11.7 Å². The van der Waals surface area contributed by atoms with Crippen LogP contribution in [0.4, 0.5) is 0 Å². The summed E-state index contributed by atoms with van der Waals surface area (Å²) in [6, 6.07) is 0. The van der Waals surface area contributed by atoms with Crippen LogP contribution in [0.3, 0.4) is 0 Å². The van der Waals surface area contributed by atoms with Crippen LogP contribution < -0.4 is 0 Å². The monoisotopic (exact) mass is 276 g/mol. The highest BCUT2D eigenvalue weighted by atomic mass is 33.1. The lowest BCUT2D eigenvalue weighted by molar-refractivity contribution is 0.543. The molecule has 2 heteroatoms. The molecule has 0 radical (unpaired) electrons. The zero-order valence-electron chi connectivity index (χ0n) is 11.8. The van der Waals surface area contributed by atoms with E-state index in [4.69, 9.17) is 0 Å². The van der Waals surface area contributed by atoms with Crippen LogP contribution in [0, 0.1) is 0 Å². The van der Waals surface area contributed by atoms with Crippen molar-refractivity contribution in [3.8, 4) is 0 Å². The fourth-order valence-corrected chi connectivity index (χ4v) is 2.90. The van der Waals surface area contributed by atoms with Crippen molar-refractivity contribution >= 4 is 22.5 Å². The van der Waals surface area contributed by atoms with Gasteiger partial charge in [-0.05, 0) is 6.42 Å². The lowest BCUT2D eigenvalue weighted by Gasteiger charge is -2.02. The van der Waals surface area contributed by atoms with Crippen LogP contribution >= 0.6 is 22.5 Å². The molecule has 0 atom stereocenters. The maximum atomic E-state index is 4.15. The first-order valence-electron chi connectivity index (χ1n) is 7.68. The maximum absolute atomic E-state index is 4.15. The Kier molecular flexibility index (Phi) is 17.4. The van der Waals surface area contributed by atoms with E-state index < -0.39 is 0 Å². The van der Waals surface area contributed by atoms with Crippen molar-refractivity contribution in [1.82, 2.24) is 0 Å². The summed E-state index contributed by atoms with van der Waals surface area (Å²) >= 11 is 4.15. The molecule has 0 aromatic carbocycles. The lowest BCUT2D eigenvalue weighted by atomic mass is 10.1. The number of rotatable bonds is 14. The minimum absolute atomic E-state index is 1.22. The third-order valence-electron chi connectivity index (χ3n) is 3.34. The Morgan fingerprint density at radius 1 is 0.588 bits per heavy atom. The summed E-state index contributed by atoms with van der Waals surface area (Å²) in [5, 5.41) is 0. The minimum Gasteiger partial charge on any atom is -0.111 e. The summed E-state index contributed by atoms with van der Waals surface area (Å²) in [4.78, 5) is 0. The second-order valence-corrected chi connectivity index (χ2v) is 6.52. The first kappa shape index (κ1) is 17.7. The van der Waals surface area contributed by atoms with E-state index in [1.165, 1.54) is 89.2 Å². The van der Waals surface area contributed by atoms with Gasteiger partial charge in [-0.25, -0.2) is 0 Å². The van der Waals surface area contributed by atoms with Crippen LogP contribution in [0.5, 0.6) is 0 Å². The normalized spacial score (nSPS) is 10.9. The highest BCUT2D eigenvalue weighted by Gasteiger charge is 1.93. The lowest BCUT2D eigenvalue weighted by Crippen LogP contribution is -1.83. The van der Waals surface area contributed by atoms with Gasteiger partial charge in [0.05, 0.1) is 0 Å². The zero-order valence-corrected chi connectivity index (χ0v) is 13.5. The summed E-state index contributed by atoms with van der Waals surface area (Å²) in [6.07, 6.45) is 18.7. The molecule has 0 bridgehead atoms. The van der Waals surface area contributed by atoms with Gasteiger partial charge in [0.1, 0.15) is 0 Å². The molecule has 0 amide bonds. The van der Waals surface area contributed by atoms with Gasteiger partial charge in [0, 0.05) is 5.75 Å². The molecule has 0 heterocycles. The van der Waals surface area contributed by atoms with Crippen LogP contribution in [0.2, 0.25) is 0 Å². The quantitative estimate of drug-likeness (QED) is 0.210. The Bertz CT molecular complexity index is 112. The average Bonchev–Trinajstić information content (AvgIpc) is 2.35. The second kappa shape index (κ2) is 16.7. The van der Waals surface area contributed by atoms with Crippen molar-refractivity contribution in [3.05, 3.63) is 0 Å². The van der Waals surface area contributed by atoms with Crippen LogP contribution in [0.25, 0.3) is 0 Å². The molecule has 0 aliphatic carbocycles. The summed E-state index contributed by atoms with van der Waals surface area (Å²) in [6.45, 7) is 2.29. The van der Waals surface area contributed by atoms with E-state index in [0.29, 0.717) is 0 Å². The Balaban J connectivity index is 2.85. The number of hydrogen-bond donors (Lipinski definition) is 1. The topological polar surface area (TPSA) is 0 Å². The third-order valence-corrected chi connectivity index (χ3v) is 4.36. The molecule has 0 aliphatic rings. The molecule has 17 heavy (non-hydrogen) atoms. The first-order chi connectivity index (χ1) is 8.41. The van der Waals surface area contributed by atoms with Gasteiger partial charge >= 0.3 is 0 Å². The van der Waals surface area contributed by atoms with Crippen LogP contribution in [-0.4, -0.2) is 5.75 Å². The van der Waals surface area contributed by atoms with E-state index in [1.807, 2.05) is 0 Å². The molecule has 0 N–H and O–H groups in total. The Labute approximate surface area is 119 Å². The van der Waals surface area contributed by atoms with Crippen LogP contribution in [0.1, 0.15) is 90.4 Å². The van der Waals surface area contributed by atoms with Gasteiger partial charge in [-0.3, -0.25) is 0 Å². The second-order valence-electron chi connectivity index (χ2n) is 5.08. The molecule has 0 aromatic heterocycles. The number of hydrogen-bond acceptors (Lipinski definition) is 2. The summed E-state index contributed by atoms with van der Waals surface area (Å²) in [5.41, 5.74) is 0. The molecular formula is C15H32S2. The SMILES string of the molecule is CCCCCCCCCCCCCCCSS. The van der Waals surface area contributed by atoms with Gasteiger partial charge in [-0.1, -0.05) is 94.8 Å². The highest BCUT2D eigenvalue weighted by molar-refractivity contribution is 8.68. The van der Waals surface area contributed by atoms with Crippen molar-refractivity contribution < 1.29 is 0 Å². The van der Waals surface area contributed by atoms with Crippen molar-refractivity contribution in [2.24, 2.45) is 0 Å². The molecular weight excluding hydrogens is 244 g/mol. The number of unbranched alkanes of at least 4 members (excludes halogenated alkanes) is 12. The van der Waals surface area contributed by atoms with Crippen LogP contribution in [0.15, 0.2) is 0 Å². The molecule has 0 saturated heterocycles. The van der Waals surface area contributed by atoms with Gasteiger partial charge in [0.2, 0.25) is 0 Å². The van der Waals surface area contributed by atoms with Crippen molar-refractivity contribution in [2.75, 3.05) is 5.75 Å². The maximum Gasteiger partial charge on any atom is 0.00345 e. The van der Waals surface area contributed by atoms with E-state index in [0.717, 1.165) is 0 Å². The van der Waals surface area contributed by atoms with E-state index in [9.17, 15) is 0 Å². The summed E-state index contributed by atoms with van der Waals surface area (Å²) in [5.74, 6) is 1.22. The fourth-order valence-electron chi connectivity index (χ4n) is 2.18. The molecule has 0 aliphatic heterocycles. The number of thiol groups is 1. The Morgan fingerprint density at radius 3 is 1.29 bits per heavy atom. The van der Waals surface area contributed by atoms with Gasteiger partial charge in [0.15, 0.2) is 0 Å². The Hall–Kier alpha value is 0.700. The van der Waals surface area contributed by atoms with Crippen molar-refractivity contribution in [1.29, 1.82) is 0 Å². The van der Waals surface area contributed by atoms with E-state index in [-0.39, 0.29) is 0 Å². The predicted molar refractivity (Wildman–Crippen MR) is 87.1 cm³/mol. The van der Waals surface area contributed by atoms with Crippen molar-refractivity contribution in [3.63, 3.8) is 0 Å². The van der Waals surface area contributed by atoms with Gasteiger partial charge in [-0.2, -0.15) is 0 Å². The van der Waals surface area contributed by atoms with Crippen LogP contribution in [-0.2, 0) is 0 Å². The van der Waals surface area contributed by atoms with E-state index in [2.05, 4.69) is 18.6 Å². The van der Waals surface area contributed by atoms with Crippen molar-refractivity contribution in [2.45, 2.75) is 90.4 Å². The fraction of sp³-hybridized carbons (Fsp3) is 1.00. The molecule has 0 saturated carbocycles. The smallest absolute Gasteiger partial charge is 0.00345 e. The largest absolute Gasteiger partial charge is 0.111 e.